The fourth-order valence-electron chi connectivity index (χ4n) is 2.85. The van der Waals surface area contributed by atoms with Gasteiger partial charge in [0.1, 0.15) is 5.78 Å². The zero-order chi connectivity index (χ0) is 9.85. The smallest absolute Gasteiger partial charge is 0.143 e. The molecule has 3 fully saturated rings. The van der Waals surface area contributed by atoms with E-state index in [0.29, 0.717) is 18.1 Å². The Morgan fingerprint density at radius 1 is 1.38 bits per heavy atom. The van der Waals surface area contributed by atoms with Gasteiger partial charge in [0.15, 0.2) is 0 Å². The first-order valence-electron chi connectivity index (χ1n) is 5.08. The zero-order valence-corrected chi connectivity index (χ0v) is 8.81. The van der Waals surface area contributed by atoms with Crippen LogP contribution in [0.15, 0.2) is 12.2 Å². The van der Waals surface area contributed by atoms with Gasteiger partial charge in [-0.2, -0.15) is 0 Å². The summed E-state index contributed by atoms with van der Waals surface area (Å²) < 4.78 is 0. The third kappa shape index (κ3) is 0.962. The Bertz CT molecular complexity index is 274. The van der Waals surface area contributed by atoms with Crippen LogP contribution in [0.25, 0.3) is 0 Å². The van der Waals surface area contributed by atoms with Crippen LogP contribution in [0.4, 0.5) is 0 Å². The molecule has 0 heterocycles. The summed E-state index contributed by atoms with van der Waals surface area (Å²) in [6, 6.07) is 0. The van der Waals surface area contributed by atoms with Gasteiger partial charge in [0.2, 0.25) is 0 Å². The van der Waals surface area contributed by atoms with Crippen molar-refractivity contribution in [3.63, 3.8) is 0 Å². The van der Waals surface area contributed by atoms with Gasteiger partial charge in [-0.15, -0.1) is 0 Å². The van der Waals surface area contributed by atoms with E-state index in [9.17, 15) is 4.79 Å². The van der Waals surface area contributed by atoms with E-state index < -0.39 is 0 Å². The summed E-state index contributed by atoms with van der Waals surface area (Å²) >= 11 is 0. The van der Waals surface area contributed by atoms with Gasteiger partial charge in [-0.1, -0.05) is 32.9 Å². The monoisotopic (exact) mass is 178 g/mol. The molecule has 72 valence electrons. The third-order valence-electron chi connectivity index (χ3n) is 4.12. The predicted octanol–water partition coefficient (Wildman–Crippen LogP) is 2.96. The normalized spacial score (nSPS) is 38.8. The fraction of sp³-hybridized carbons (Fsp3) is 0.750. The highest BCUT2D eigenvalue weighted by Gasteiger charge is 2.59. The third-order valence-corrected chi connectivity index (χ3v) is 4.12. The second-order valence-corrected chi connectivity index (χ2v) is 5.70. The number of hydrogen-bond donors (Lipinski definition) is 0. The highest BCUT2D eigenvalue weighted by molar-refractivity contribution is 5.91. The summed E-state index contributed by atoms with van der Waals surface area (Å²) in [6.07, 6.45) is 2.77. The summed E-state index contributed by atoms with van der Waals surface area (Å²) in [4.78, 5) is 12.0. The Kier molecular flexibility index (Phi) is 1.56. The molecule has 0 amide bonds. The number of fused-ring (bicyclic) bond motifs is 2. The van der Waals surface area contributed by atoms with Crippen molar-refractivity contribution in [3.8, 4) is 0 Å². The summed E-state index contributed by atoms with van der Waals surface area (Å²) in [5.74, 6) is 1.09. The number of hydrogen-bond acceptors (Lipinski definition) is 1. The lowest BCUT2D eigenvalue weighted by Gasteiger charge is -2.58. The van der Waals surface area contributed by atoms with Crippen LogP contribution >= 0.6 is 0 Å². The van der Waals surface area contributed by atoms with Crippen molar-refractivity contribution >= 4 is 5.78 Å². The van der Waals surface area contributed by atoms with Crippen molar-refractivity contribution in [3.05, 3.63) is 12.2 Å². The summed E-state index contributed by atoms with van der Waals surface area (Å²) in [6.45, 7) is 10.5. The molecular weight excluding hydrogens is 160 g/mol. The van der Waals surface area contributed by atoms with Crippen molar-refractivity contribution in [1.29, 1.82) is 0 Å². The molecule has 0 N–H and O–H groups in total. The van der Waals surface area contributed by atoms with E-state index in [4.69, 9.17) is 0 Å². The Morgan fingerprint density at radius 2 is 1.92 bits per heavy atom. The van der Waals surface area contributed by atoms with E-state index in [0.717, 1.165) is 12.8 Å². The molecule has 1 nitrogen and oxygen atoms in total. The quantitative estimate of drug-likeness (QED) is 0.521. The first-order chi connectivity index (χ1) is 5.87. The Labute approximate surface area is 80.2 Å². The molecule has 0 spiro atoms. The van der Waals surface area contributed by atoms with E-state index >= 15 is 0 Å². The van der Waals surface area contributed by atoms with Gasteiger partial charge >= 0.3 is 0 Å². The topological polar surface area (TPSA) is 17.1 Å². The summed E-state index contributed by atoms with van der Waals surface area (Å²) in [5.41, 5.74) is 1.32. The average molecular weight is 178 g/mol. The molecule has 0 unspecified atom stereocenters. The van der Waals surface area contributed by atoms with E-state index in [-0.39, 0.29) is 10.8 Å². The van der Waals surface area contributed by atoms with Gasteiger partial charge in [0.05, 0.1) is 0 Å². The van der Waals surface area contributed by atoms with Crippen molar-refractivity contribution in [2.24, 2.45) is 16.7 Å². The maximum Gasteiger partial charge on any atom is 0.143 e. The van der Waals surface area contributed by atoms with Crippen LogP contribution in [0.2, 0.25) is 0 Å². The van der Waals surface area contributed by atoms with Gasteiger partial charge in [-0.3, -0.25) is 4.79 Å². The minimum absolute atomic E-state index is 0.00113. The first-order valence-corrected chi connectivity index (χ1v) is 5.08. The minimum atomic E-state index is -0.00113. The molecule has 3 saturated carbocycles. The number of carbonyl (C=O) groups is 1. The second-order valence-electron chi connectivity index (χ2n) is 5.70. The standard InChI is InChI=1S/C12H18O/c1-8-5-10(13)12(11(2,3)4)6-9(8)7-12/h9H,1,5-7H2,2-4H3. The molecule has 0 atom stereocenters. The highest BCUT2D eigenvalue weighted by Crippen LogP contribution is 2.63. The lowest BCUT2D eigenvalue weighted by molar-refractivity contribution is -0.152. The van der Waals surface area contributed by atoms with Crippen LogP contribution < -0.4 is 0 Å². The largest absolute Gasteiger partial charge is 0.299 e. The lowest BCUT2D eigenvalue weighted by atomic mass is 9.44. The number of carbonyl (C=O) groups excluding carboxylic acids is 1. The average Bonchev–Trinajstić information content (AvgIpc) is 1.77. The maximum absolute atomic E-state index is 12.0. The fourth-order valence-corrected chi connectivity index (χ4v) is 2.85. The van der Waals surface area contributed by atoms with E-state index in [1.54, 1.807) is 0 Å². The van der Waals surface area contributed by atoms with Crippen LogP contribution in [0.1, 0.15) is 40.0 Å². The molecule has 13 heavy (non-hydrogen) atoms. The summed E-state index contributed by atoms with van der Waals surface area (Å²) in [5, 5.41) is 0. The summed E-state index contributed by atoms with van der Waals surface area (Å²) in [7, 11) is 0. The van der Waals surface area contributed by atoms with Crippen molar-refractivity contribution in [2.75, 3.05) is 0 Å². The molecule has 0 aromatic carbocycles. The lowest BCUT2D eigenvalue weighted by Crippen LogP contribution is -2.56. The maximum atomic E-state index is 12.0. The van der Waals surface area contributed by atoms with Gasteiger partial charge in [0.25, 0.3) is 0 Å². The molecule has 0 radical (unpaired) electrons. The van der Waals surface area contributed by atoms with Crippen LogP contribution in [-0.2, 0) is 4.79 Å². The molecular formula is C12H18O. The SMILES string of the molecule is C=C1CC(=O)C2(C(C)(C)C)CC1C2. The van der Waals surface area contributed by atoms with E-state index in [1.807, 2.05) is 0 Å². The van der Waals surface area contributed by atoms with Crippen LogP contribution in [0.5, 0.6) is 0 Å². The number of allylic oxidation sites excluding steroid dienone is 1. The molecule has 0 aromatic rings. The first kappa shape index (κ1) is 8.98. The molecule has 0 aliphatic heterocycles. The van der Waals surface area contributed by atoms with Crippen LogP contribution in [-0.4, -0.2) is 5.78 Å². The van der Waals surface area contributed by atoms with Crippen molar-refractivity contribution < 1.29 is 4.79 Å². The molecule has 0 saturated heterocycles. The molecule has 0 aromatic heterocycles. The van der Waals surface area contributed by atoms with Crippen molar-refractivity contribution in [2.45, 2.75) is 40.0 Å². The van der Waals surface area contributed by atoms with E-state index in [1.165, 1.54) is 5.57 Å². The number of rotatable bonds is 0. The molecule has 3 rings (SSSR count). The molecule has 2 bridgehead atoms. The second kappa shape index (κ2) is 2.26. The number of ketones is 1. The van der Waals surface area contributed by atoms with Crippen molar-refractivity contribution in [1.82, 2.24) is 0 Å². The minimum Gasteiger partial charge on any atom is -0.299 e. The zero-order valence-electron chi connectivity index (χ0n) is 8.81. The van der Waals surface area contributed by atoms with Gasteiger partial charge in [-0.25, -0.2) is 0 Å². The highest BCUT2D eigenvalue weighted by atomic mass is 16.1. The molecule has 3 aliphatic rings. The van der Waals surface area contributed by atoms with Crippen LogP contribution in [0.3, 0.4) is 0 Å². The Hall–Kier alpha value is -0.590. The Morgan fingerprint density at radius 3 is 2.31 bits per heavy atom. The van der Waals surface area contributed by atoms with E-state index in [2.05, 4.69) is 27.4 Å². The molecule has 1 heteroatoms. The van der Waals surface area contributed by atoms with Gasteiger partial charge < -0.3 is 0 Å². The van der Waals surface area contributed by atoms with Crippen LogP contribution in [0, 0.1) is 16.7 Å². The predicted molar refractivity (Wildman–Crippen MR) is 53.4 cm³/mol. The van der Waals surface area contributed by atoms with Gasteiger partial charge in [0, 0.05) is 11.8 Å². The molecule has 3 aliphatic carbocycles. The Balaban J connectivity index is 2.31. The van der Waals surface area contributed by atoms with Gasteiger partial charge in [-0.05, 0) is 24.2 Å². The number of Topliss-reactive ketones (excluding diaryl/α,β-unsaturated/α-hetero) is 1.